The van der Waals surface area contributed by atoms with E-state index in [-0.39, 0.29) is 42.4 Å². The molecular weight excluding hydrogens is 638 g/mol. The Morgan fingerprint density at radius 3 is 2.67 bits per heavy atom. The second-order valence-electron chi connectivity index (χ2n) is 12.7. The van der Waals surface area contributed by atoms with Gasteiger partial charge in [-0.15, -0.1) is 11.3 Å². The molecule has 1 aromatic carbocycles. The maximum absolute atomic E-state index is 16.1. The Labute approximate surface area is 281 Å². The van der Waals surface area contributed by atoms with Crippen molar-refractivity contribution in [3.05, 3.63) is 59.6 Å². The number of piperidine rings is 1. The van der Waals surface area contributed by atoms with Crippen molar-refractivity contribution in [2.75, 3.05) is 57.9 Å². The summed E-state index contributed by atoms with van der Waals surface area (Å²) in [6.07, 6.45) is 2.23. The molecule has 2 saturated heterocycles. The number of fused-ring (bicyclic) bond motifs is 3. The van der Waals surface area contributed by atoms with E-state index in [9.17, 15) is 14.0 Å². The molecule has 0 saturated carbocycles. The number of carbonyl (C=O) groups is 2. The number of ether oxygens (including phenoxy) is 2. The topological polar surface area (TPSA) is 93.0 Å². The van der Waals surface area contributed by atoms with Gasteiger partial charge < -0.3 is 24.2 Å². The van der Waals surface area contributed by atoms with Crippen LogP contribution in [0.2, 0.25) is 0 Å². The van der Waals surface area contributed by atoms with Crippen molar-refractivity contribution in [2.45, 2.75) is 32.9 Å². The van der Waals surface area contributed by atoms with E-state index in [1.807, 2.05) is 34.0 Å². The molecule has 7 rings (SSSR count). The molecule has 0 radical (unpaired) electrons. The van der Waals surface area contributed by atoms with Crippen LogP contribution in [0.25, 0.3) is 32.6 Å². The third kappa shape index (κ3) is 5.62. The van der Waals surface area contributed by atoms with Crippen LogP contribution in [-0.2, 0) is 20.9 Å². The van der Waals surface area contributed by atoms with Crippen molar-refractivity contribution in [1.29, 1.82) is 0 Å². The number of nitrogens with zero attached hydrogens (tertiary/aromatic N) is 6. The van der Waals surface area contributed by atoms with Crippen LogP contribution in [-0.4, -0.2) is 89.4 Å². The van der Waals surface area contributed by atoms with E-state index in [4.69, 9.17) is 19.6 Å². The SMILES string of the molecule is C=CC(=O)N1CCn2nc(-c3nc(N4C[C@H]5CN(C(C)=O)CC[C@H]5C4)c4ccsc4c3-c3c(F)cc(F)cc3OCCOC)cc2[C@H]1C. The lowest BCUT2D eigenvalue weighted by atomic mass is 9.89. The highest BCUT2D eigenvalue weighted by Gasteiger charge is 2.40. The van der Waals surface area contributed by atoms with Gasteiger partial charge in [-0.3, -0.25) is 14.3 Å². The van der Waals surface area contributed by atoms with Gasteiger partial charge in [0, 0.05) is 74.5 Å². The summed E-state index contributed by atoms with van der Waals surface area (Å²) in [5.74, 6) is -0.0586. The number of halogens is 2. The third-order valence-corrected chi connectivity index (χ3v) is 10.8. The zero-order valence-corrected chi connectivity index (χ0v) is 28.1. The lowest BCUT2D eigenvalue weighted by molar-refractivity contribution is -0.131. The molecule has 252 valence electrons. The first-order valence-corrected chi connectivity index (χ1v) is 17.1. The van der Waals surface area contributed by atoms with Gasteiger partial charge in [0.25, 0.3) is 0 Å². The molecule has 0 N–H and O–H groups in total. The minimum absolute atomic E-state index is 0.0478. The first-order valence-electron chi connectivity index (χ1n) is 16.2. The molecule has 4 aromatic rings. The summed E-state index contributed by atoms with van der Waals surface area (Å²) in [5.41, 5.74) is 2.35. The Morgan fingerprint density at radius 1 is 1.08 bits per heavy atom. The van der Waals surface area contributed by atoms with Gasteiger partial charge in [-0.05, 0) is 48.8 Å². The van der Waals surface area contributed by atoms with Gasteiger partial charge in [0.2, 0.25) is 11.8 Å². The Bertz CT molecular complexity index is 1910. The number of methoxy groups -OCH3 is 1. The molecule has 13 heteroatoms. The van der Waals surface area contributed by atoms with Crippen LogP contribution < -0.4 is 9.64 Å². The zero-order valence-electron chi connectivity index (χ0n) is 27.2. The highest BCUT2D eigenvalue weighted by Crippen LogP contribution is 2.48. The van der Waals surface area contributed by atoms with Crippen LogP contribution in [0, 0.1) is 23.5 Å². The molecule has 3 aliphatic rings. The van der Waals surface area contributed by atoms with Crippen molar-refractivity contribution in [1.82, 2.24) is 24.6 Å². The number of thiophene rings is 1. The maximum atomic E-state index is 16.1. The fraction of sp³-hybridized carbons (Fsp3) is 0.429. The summed E-state index contributed by atoms with van der Waals surface area (Å²) < 4.78 is 44.5. The molecule has 2 fully saturated rings. The van der Waals surface area contributed by atoms with Crippen molar-refractivity contribution in [3.63, 3.8) is 0 Å². The van der Waals surface area contributed by atoms with Gasteiger partial charge in [-0.25, -0.2) is 13.8 Å². The molecule has 0 aliphatic carbocycles. The number of anilines is 1. The minimum Gasteiger partial charge on any atom is -0.490 e. The number of rotatable bonds is 8. The average Bonchev–Trinajstić information content (AvgIpc) is 3.82. The number of aromatic nitrogens is 3. The van der Waals surface area contributed by atoms with Crippen molar-refractivity contribution in [3.8, 4) is 28.3 Å². The van der Waals surface area contributed by atoms with Crippen LogP contribution in [0.4, 0.5) is 14.6 Å². The molecule has 0 bridgehead atoms. The van der Waals surface area contributed by atoms with Gasteiger partial charge >= 0.3 is 0 Å². The lowest BCUT2D eigenvalue weighted by Gasteiger charge is -2.33. The molecule has 48 heavy (non-hydrogen) atoms. The minimum atomic E-state index is -0.774. The van der Waals surface area contributed by atoms with Crippen molar-refractivity contribution in [2.24, 2.45) is 11.8 Å². The van der Waals surface area contributed by atoms with Gasteiger partial charge in [0.05, 0.1) is 30.5 Å². The third-order valence-electron chi connectivity index (χ3n) is 9.91. The van der Waals surface area contributed by atoms with Crippen LogP contribution in [0.3, 0.4) is 0 Å². The van der Waals surface area contributed by atoms with E-state index in [0.29, 0.717) is 48.4 Å². The number of hydrogen-bond donors (Lipinski definition) is 0. The predicted molar refractivity (Wildman–Crippen MR) is 180 cm³/mol. The van der Waals surface area contributed by atoms with Gasteiger partial charge in [-0.1, -0.05) is 6.58 Å². The van der Waals surface area contributed by atoms with Crippen molar-refractivity contribution < 1.29 is 27.8 Å². The monoisotopic (exact) mass is 676 g/mol. The summed E-state index contributed by atoms with van der Waals surface area (Å²) in [6.45, 7) is 11.5. The largest absolute Gasteiger partial charge is 0.490 e. The van der Waals surface area contributed by atoms with E-state index in [0.717, 1.165) is 53.7 Å². The van der Waals surface area contributed by atoms with Gasteiger partial charge in [0.15, 0.2) is 0 Å². The molecule has 3 aliphatic heterocycles. The van der Waals surface area contributed by atoms with Crippen LogP contribution in [0.1, 0.15) is 32.0 Å². The normalized spacial score (nSPS) is 20.6. The highest BCUT2D eigenvalue weighted by molar-refractivity contribution is 7.18. The van der Waals surface area contributed by atoms with Crippen LogP contribution >= 0.6 is 11.3 Å². The van der Waals surface area contributed by atoms with E-state index in [1.54, 1.807) is 11.8 Å². The number of benzene rings is 1. The smallest absolute Gasteiger partial charge is 0.246 e. The lowest BCUT2D eigenvalue weighted by Crippen LogP contribution is -2.42. The van der Waals surface area contributed by atoms with E-state index in [2.05, 4.69) is 11.5 Å². The average molecular weight is 677 g/mol. The number of hydrogen-bond acceptors (Lipinski definition) is 8. The highest BCUT2D eigenvalue weighted by atomic mass is 32.1. The number of carbonyl (C=O) groups excluding carboxylic acids is 2. The summed E-state index contributed by atoms with van der Waals surface area (Å²) in [5, 5.41) is 7.77. The number of pyridine rings is 1. The molecular formula is C35H38F2N6O4S. The molecule has 6 heterocycles. The molecule has 3 aromatic heterocycles. The molecule has 3 atom stereocenters. The van der Waals surface area contributed by atoms with Crippen LogP contribution in [0.5, 0.6) is 5.75 Å². The van der Waals surface area contributed by atoms with Crippen molar-refractivity contribution >= 4 is 39.1 Å². The Hall–Kier alpha value is -4.36. The summed E-state index contributed by atoms with van der Waals surface area (Å²) in [4.78, 5) is 36.1. The summed E-state index contributed by atoms with van der Waals surface area (Å²) >= 11 is 1.45. The van der Waals surface area contributed by atoms with E-state index in [1.165, 1.54) is 30.6 Å². The first-order chi connectivity index (χ1) is 23.2. The van der Waals surface area contributed by atoms with Crippen LogP contribution in [0.15, 0.2) is 42.3 Å². The maximum Gasteiger partial charge on any atom is 0.246 e. The predicted octanol–water partition coefficient (Wildman–Crippen LogP) is 5.52. The Kier molecular flexibility index (Phi) is 8.67. The standard InChI is InChI=1S/C35H38F2N6O4S/c1-5-30(45)42-9-10-43-28(20(42)2)16-27(39-43)33-32(31-26(37)14-24(36)15-29(31)47-12-11-46-4)34-25(7-13-48-34)35(38-33)41-17-22-6-8-40(21(3)44)18-23(22)19-41/h5,7,13-16,20,22-23H,1,6,8-12,17-19H2,2-4H3/t20-,22+,23-/m1/s1. The fourth-order valence-electron chi connectivity index (χ4n) is 7.47. The molecule has 10 nitrogen and oxygen atoms in total. The Morgan fingerprint density at radius 2 is 1.90 bits per heavy atom. The van der Waals surface area contributed by atoms with E-state index < -0.39 is 11.6 Å². The number of likely N-dealkylation sites (tertiary alicyclic amines) is 1. The molecule has 0 unspecified atom stereocenters. The number of amides is 2. The zero-order chi connectivity index (χ0) is 33.7. The van der Waals surface area contributed by atoms with E-state index >= 15 is 4.39 Å². The second kappa shape index (κ2) is 12.9. The fourth-order valence-corrected chi connectivity index (χ4v) is 8.42. The summed E-state index contributed by atoms with van der Waals surface area (Å²) in [7, 11) is 1.53. The van der Waals surface area contributed by atoms with Gasteiger partial charge in [0.1, 0.15) is 41.2 Å². The van der Waals surface area contributed by atoms with Gasteiger partial charge in [-0.2, -0.15) is 5.10 Å². The quantitative estimate of drug-likeness (QED) is 0.179. The first kappa shape index (κ1) is 32.2. The Balaban J connectivity index is 1.41. The molecule has 2 amide bonds. The second-order valence-corrected chi connectivity index (χ2v) is 13.6. The molecule has 0 spiro atoms. The summed E-state index contributed by atoms with van der Waals surface area (Å²) in [6, 6.07) is 5.67.